The van der Waals surface area contributed by atoms with Crippen LogP contribution in [0.5, 0.6) is 0 Å². The standard InChI is InChI=1S/C17H14ClN3OS/c18-15-14(23-17(21-15)13-7-4-9-19-11-13)16(22)20-10-8-12-5-2-1-3-6-12/h1-7,9,11H,8,10H2,(H,20,22). The molecule has 0 unspecified atom stereocenters. The lowest BCUT2D eigenvalue weighted by Crippen LogP contribution is -2.25. The Morgan fingerprint density at radius 3 is 2.74 bits per heavy atom. The van der Waals surface area contributed by atoms with Gasteiger partial charge in [0.05, 0.1) is 0 Å². The van der Waals surface area contributed by atoms with Crippen molar-refractivity contribution in [1.29, 1.82) is 0 Å². The topological polar surface area (TPSA) is 54.9 Å². The van der Waals surface area contributed by atoms with E-state index in [0.717, 1.165) is 12.0 Å². The summed E-state index contributed by atoms with van der Waals surface area (Å²) in [6.45, 7) is 0.555. The Kier molecular flexibility index (Phi) is 5.00. The van der Waals surface area contributed by atoms with Crippen molar-refractivity contribution in [2.24, 2.45) is 0 Å². The number of halogens is 1. The molecule has 4 nitrogen and oxygen atoms in total. The van der Waals surface area contributed by atoms with Crippen LogP contribution in [0.2, 0.25) is 5.15 Å². The van der Waals surface area contributed by atoms with E-state index in [0.29, 0.717) is 16.4 Å². The van der Waals surface area contributed by atoms with Gasteiger partial charge in [-0.15, -0.1) is 11.3 Å². The van der Waals surface area contributed by atoms with Crippen LogP contribution >= 0.6 is 22.9 Å². The Morgan fingerprint density at radius 1 is 1.17 bits per heavy atom. The molecule has 3 rings (SSSR count). The van der Waals surface area contributed by atoms with Crippen molar-refractivity contribution in [3.05, 3.63) is 70.5 Å². The zero-order chi connectivity index (χ0) is 16.1. The van der Waals surface area contributed by atoms with Crippen LogP contribution in [0.1, 0.15) is 15.2 Å². The second-order valence-corrected chi connectivity index (χ2v) is 6.23. The SMILES string of the molecule is O=C(NCCc1ccccc1)c1sc(-c2cccnc2)nc1Cl. The van der Waals surface area contributed by atoms with E-state index in [1.165, 1.54) is 16.9 Å². The number of carbonyl (C=O) groups excluding carboxylic acids is 1. The fraction of sp³-hybridized carbons (Fsp3) is 0.118. The van der Waals surface area contributed by atoms with Crippen molar-refractivity contribution >= 4 is 28.8 Å². The molecule has 0 fully saturated rings. The Balaban J connectivity index is 1.65. The summed E-state index contributed by atoms with van der Waals surface area (Å²) < 4.78 is 0. The monoisotopic (exact) mass is 343 g/mol. The van der Waals surface area contributed by atoms with Crippen molar-refractivity contribution < 1.29 is 4.79 Å². The lowest BCUT2D eigenvalue weighted by Gasteiger charge is -2.03. The van der Waals surface area contributed by atoms with Gasteiger partial charge in [0.2, 0.25) is 0 Å². The van der Waals surface area contributed by atoms with Crippen molar-refractivity contribution in [3.8, 4) is 10.6 Å². The number of benzene rings is 1. The van der Waals surface area contributed by atoms with E-state index in [1.54, 1.807) is 12.4 Å². The van der Waals surface area contributed by atoms with E-state index in [-0.39, 0.29) is 11.1 Å². The van der Waals surface area contributed by atoms with Crippen LogP contribution in [0.15, 0.2) is 54.9 Å². The van der Waals surface area contributed by atoms with Gasteiger partial charge in [-0.25, -0.2) is 4.98 Å². The van der Waals surface area contributed by atoms with E-state index >= 15 is 0 Å². The number of aromatic nitrogens is 2. The third kappa shape index (κ3) is 3.94. The van der Waals surface area contributed by atoms with Gasteiger partial charge in [0, 0.05) is 24.5 Å². The summed E-state index contributed by atoms with van der Waals surface area (Å²) in [5.74, 6) is -0.196. The molecule has 0 saturated heterocycles. The molecule has 0 spiro atoms. The fourth-order valence-electron chi connectivity index (χ4n) is 2.10. The van der Waals surface area contributed by atoms with Crippen LogP contribution in [-0.4, -0.2) is 22.4 Å². The van der Waals surface area contributed by atoms with Gasteiger partial charge < -0.3 is 5.32 Å². The Labute approximate surface area is 143 Å². The first-order valence-corrected chi connectivity index (χ1v) is 8.32. The van der Waals surface area contributed by atoms with Crippen LogP contribution in [0, 0.1) is 0 Å². The number of hydrogen-bond donors (Lipinski definition) is 1. The van der Waals surface area contributed by atoms with Crippen molar-refractivity contribution in [1.82, 2.24) is 15.3 Å². The van der Waals surface area contributed by atoms with E-state index < -0.39 is 0 Å². The lowest BCUT2D eigenvalue weighted by molar-refractivity contribution is 0.0958. The molecule has 0 radical (unpaired) electrons. The van der Waals surface area contributed by atoms with E-state index in [1.807, 2.05) is 42.5 Å². The molecule has 0 aliphatic carbocycles. The van der Waals surface area contributed by atoms with Gasteiger partial charge in [-0.3, -0.25) is 9.78 Å². The number of thiazole rings is 1. The van der Waals surface area contributed by atoms with Crippen molar-refractivity contribution in [2.45, 2.75) is 6.42 Å². The third-order valence-electron chi connectivity index (χ3n) is 3.24. The summed E-state index contributed by atoms with van der Waals surface area (Å²) in [4.78, 5) is 21.0. The van der Waals surface area contributed by atoms with E-state index in [9.17, 15) is 4.79 Å². The molecule has 6 heteroatoms. The Morgan fingerprint density at radius 2 is 2.00 bits per heavy atom. The zero-order valence-corrected chi connectivity index (χ0v) is 13.8. The second kappa shape index (κ2) is 7.35. The van der Waals surface area contributed by atoms with Gasteiger partial charge in [-0.1, -0.05) is 41.9 Å². The summed E-state index contributed by atoms with van der Waals surface area (Å²) >= 11 is 7.38. The first kappa shape index (κ1) is 15.6. The number of hydrogen-bond acceptors (Lipinski definition) is 4. The normalized spacial score (nSPS) is 10.5. The second-order valence-electron chi connectivity index (χ2n) is 4.87. The highest BCUT2D eigenvalue weighted by atomic mass is 35.5. The summed E-state index contributed by atoms with van der Waals surface area (Å²) in [5, 5.41) is 3.80. The number of rotatable bonds is 5. The summed E-state index contributed by atoms with van der Waals surface area (Å²) in [6, 6.07) is 13.7. The molecule has 23 heavy (non-hydrogen) atoms. The highest BCUT2D eigenvalue weighted by Crippen LogP contribution is 2.30. The van der Waals surface area contributed by atoms with Crippen LogP contribution in [0.4, 0.5) is 0 Å². The molecular formula is C17H14ClN3OS. The van der Waals surface area contributed by atoms with Crippen molar-refractivity contribution in [2.75, 3.05) is 6.54 Å². The summed E-state index contributed by atoms with van der Waals surface area (Å²) in [7, 11) is 0. The Hall–Kier alpha value is -2.24. The largest absolute Gasteiger partial charge is 0.351 e. The van der Waals surface area contributed by atoms with Crippen molar-refractivity contribution in [3.63, 3.8) is 0 Å². The minimum absolute atomic E-state index is 0.196. The molecule has 1 N–H and O–H groups in total. The molecule has 0 saturated carbocycles. The van der Waals surface area contributed by atoms with Crippen LogP contribution in [0.3, 0.4) is 0 Å². The van der Waals surface area contributed by atoms with Gasteiger partial charge in [0.1, 0.15) is 9.88 Å². The van der Waals surface area contributed by atoms with Gasteiger partial charge >= 0.3 is 0 Å². The molecule has 2 aromatic heterocycles. The zero-order valence-electron chi connectivity index (χ0n) is 12.2. The molecule has 2 heterocycles. The predicted octanol–water partition coefficient (Wildman–Crippen LogP) is 3.83. The fourth-order valence-corrected chi connectivity index (χ4v) is 3.30. The maximum atomic E-state index is 12.3. The molecule has 116 valence electrons. The quantitative estimate of drug-likeness (QED) is 0.766. The highest BCUT2D eigenvalue weighted by Gasteiger charge is 2.17. The average Bonchev–Trinajstić information content (AvgIpc) is 2.98. The number of nitrogens with zero attached hydrogens (tertiary/aromatic N) is 2. The molecule has 0 bridgehead atoms. The van der Waals surface area contributed by atoms with Crippen LogP contribution in [-0.2, 0) is 6.42 Å². The predicted molar refractivity (Wildman–Crippen MR) is 92.8 cm³/mol. The number of amides is 1. The molecule has 0 atom stereocenters. The van der Waals surface area contributed by atoms with Crippen LogP contribution < -0.4 is 5.32 Å². The molecule has 1 amide bonds. The third-order valence-corrected chi connectivity index (χ3v) is 4.73. The van der Waals surface area contributed by atoms with E-state index in [2.05, 4.69) is 15.3 Å². The minimum atomic E-state index is -0.196. The minimum Gasteiger partial charge on any atom is -0.351 e. The smallest absolute Gasteiger partial charge is 0.264 e. The van der Waals surface area contributed by atoms with Gasteiger partial charge in [0.15, 0.2) is 5.15 Å². The molecule has 3 aromatic rings. The molecule has 0 aliphatic heterocycles. The highest BCUT2D eigenvalue weighted by molar-refractivity contribution is 7.17. The first-order chi connectivity index (χ1) is 11.2. The summed E-state index contributed by atoms with van der Waals surface area (Å²) in [5.41, 5.74) is 2.03. The lowest BCUT2D eigenvalue weighted by atomic mass is 10.1. The maximum absolute atomic E-state index is 12.3. The number of carbonyl (C=O) groups is 1. The first-order valence-electron chi connectivity index (χ1n) is 7.13. The molecular weight excluding hydrogens is 330 g/mol. The molecule has 0 aliphatic rings. The number of pyridine rings is 1. The van der Waals surface area contributed by atoms with Gasteiger partial charge in [-0.05, 0) is 24.1 Å². The molecule has 1 aromatic carbocycles. The summed E-state index contributed by atoms with van der Waals surface area (Å²) in [6.07, 6.45) is 4.17. The maximum Gasteiger partial charge on any atom is 0.264 e. The van der Waals surface area contributed by atoms with Gasteiger partial charge in [-0.2, -0.15) is 0 Å². The van der Waals surface area contributed by atoms with E-state index in [4.69, 9.17) is 11.6 Å². The van der Waals surface area contributed by atoms with Crippen LogP contribution in [0.25, 0.3) is 10.6 Å². The Bertz CT molecular complexity index is 790. The van der Waals surface area contributed by atoms with Gasteiger partial charge in [0.25, 0.3) is 5.91 Å². The average molecular weight is 344 g/mol. The number of nitrogens with one attached hydrogen (secondary N) is 1.